The normalized spacial score (nSPS) is 13.3. The topological polar surface area (TPSA) is 146 Å². The number of fused-ring (bicyclic) bond motifs is 1. The van der Waals surface area contributed by atoms with Crippen molar-refractivity contribution in [2.24, 2.45) is 11.7 Å². The van der Waals surface area contributed by atoms with Gasteiger partial charge >= 0.3 is 6.03 Å². The van der Waals surface area contributed by atoms with E-state index in [1.165, 1.54) is 4.57 Å². The van der Waals surface area contributed by atoms with Crippen LogP contribution in [0.4, 0.5) is 30.9 Å². The van der Waals surface area contributed by atoms with Gasteiger partial charge in [0.05, 0.1) is 22.7 Å². The summed E-state index contributed by atoms with van der Waals surface area (Å²) in [5, 5.41) is 13.4. The molecule has 0 bridgehead atoms. The third kappa shape index (κ3) is 5.88. The maximum Gasteiger partial charge on any atom is 0.326 e. The minimum atomic E-state index is -1.12. The lowest BCUT2D eigenvalue weighted by Crippen LogP contribution is -2.27. The lowest BCUT2D eigenvalue weighted by molar-refractivity contribution is -0.119. The highest BCUT2D eigenvalue weighted by molar-refractivity contribution is 6.00. The van der Waals surface area contributed by atoms with Crippen LogP contribution in [0.15, 0.2) is 30.3 Å². The highest BCUT2D eigenvalue weighted by Crippen LogP contribution is 2.30. The van der Waals surface area contributed by atoms with E-state index in [0.29, 0.717) is 29.1 Å². The Labute approximate surface area is 217 Å². The van der Waals surface area contributed by atoms with Gasteiger partial charge in [0.2, 0.25) is 17.8 Å². The highest BCUT2D eigenvalue weighted by atomic mass is 19.1. The van der Waals surface area contributed by atoms with Crippen LogP contribution in [0.25, 0.3) is 11.0 Å². The van der Waals surface area contributed by atoms with E-state index in [9.17, 15) is 23.2 Å². The Bertz CT molecular complexity index is 1420. The van der Waals surface area contributed by atoms with Crippen molar-refractivity contribution in [2.45, 2.75) is 45.1 Å². The molecule has 0 radical (unpaired) electrons. The molecule has 1 aromatic heterocycles. The first-order chi connectivity index (χ1) is 18.2. The third-order valence-corrected chi connectivity index (χ3v) is 6.65. The summed E-state index contributed by atoms with van der Waals surface area (Å²) in [4.78, 5) is 42.8. The molecule has 1 aliphatic rings. The van der Waals surface area contributed by atoms with Crippen molar-refractivity contribution in [3.8, 4) is 6.07 Å². The van der Waals surface area contributed by atoms with E-state index in [1.807, 2.05) is 0 Å². The first-order valence-corrected chi connectivity index (χ1v) is 12.2. The van der Waals surface area contributed by atoms with Gasteiger partial charge in [0.15, 0.2) is 11.6 Å². The number of hydrogen-bond acceptors (Lipinski definition) is 5. The Morgan fingerprint density at radius 3 is 2.47 bits per heavy atom. The Hall–Kier alpha value is -4.53. The number of carbonyl (C=O) groups is 3. The molecule has 1 heterocycles. The first kappa shape index (κ1) is 26.5. The maximum atomic E-state index is 14.2. The fraction of sp³-hybridized carbons (Fsp3) is 0.346. The second-order valence-electron chi connectivity index (χ2n) is 9.29. The van der Waals surface area contributed by atoms with E-state index in [1.54, 1.807) is 36.2 Å². The molecule has 4 N–H and O–H groups in total. The number of imidazole rings is 1. The zero-order valence-electron chi connectivity index (χ0n) is 20.8. The molecule has 0 atom stereocenters. The van der Waals surface area contributed by atoms with Crippen molar-refractivity contribution in [3.05, 3.63) is 47.5 Å². The van der Waals surface area contributed by atoms with Gasteiger partial charge in [0, 0.05) is 32.1 Å². The molecule has 1 fully saturated rings. The summed E-state index contributed by atoms with van der Waals surface area (Å²) < 4.78 is 30.0. The SMILES string of the molecule is CN(C(=O)CC1CCCC1)c1ccc2c(c1)nc(NC(=O)Nc1c(F)cc(C#N)cc1F)n2CCC(N)=O. The number of nitrogens with zero attached hydrogens (tertiary/aromatic N) is 4. The van der Waals surface area contributed by atoms with Crippen LogP contribution in [0.3, 0.4) is 0 Å². The Balaban J connectivity index is 1.58. The van der Waals surface area contributed by atoms with Gasteiger partial charge in [-0.15, -0.1) is 0 Å². The molecule has 38 heavy (non-hydrogen) atoms. The van der Waals surface area contributed by atoms with Crippen molar-refractivity contribution in [1.82, 2.24) is 9.55 Å². The molecule has 1 saturated carbocycles. The van der Waals surface area contributed by atoms with Gasteiger partial charge in [-0.05, 0) is 49.1 Å². The number of aryl methyl sites for hydroxylation is 1. The number of urea groups is 1. The van der Waals surface area contributed by atoms with E-state index < -0.39 is 29.3 Å². The molecule has 3 aromatic rings. The highest BCUT2D eigenvalue weighted by Gasteiger charge is 2.22. The van der Waals surface area contributed by atoms with Crippen LogP contribution < -0.4 is 21.3 Å². The number of nitrogens with two attached hydrogens (primary N) is 1. The number of carbonyl (C=O) groups excluding carboxylic acids is 3. The number of halogens is 2. The molecule has 0 spiro atoms. The number of nitrogens with one attached hydrogen (secondary N) is 2. The molecule has 198 valence electrons. The van der Waals surface area contributed by atoms with Crippen LogP contribution in [-0.4, -0.2) is 34.4 Å². The van der Waals surface area contributed by atoms with E-state index >= 15 is 0 Å². The average molecular weight is 524 g/mol. The smallest absolute Gasteiger partial charge is 0.326 e. The van der Waals surface area contributed by atoms with Crippen molar-refractivity contribution in [3.63, 3.8) is 0 Å². The van der Waals surface area contributed by atoms with Crippen LogP contribution in [-0.2, 0) is 16.1 Å². The molecular formula is C26H27F2N7O3. The molecule has 2 aromatic carbocycles. The number of aromatic nitrogens is 2. The number of hydrogen-bond donors (Lipinski definition) is 3. The number of anilines is 3. The van der Waals surface area contributed by atoms with Crippen LogP contribution in [0.2, 0.25) is 0 Å². The summed E-state index contributed by atoms with van der Waals surface area (Å²) in [5.74, 6) is -2.42. The molecular weight excluding hydrogens is 496 g/mol. The quantitative estimate of drug-likeness (QED) is 0.404. The summed E-state index contributed by atoms with van der Waals surface area (Å²) in [7, 11) is 1.69. The molecule has 0 unspecified atom stereocenters. The fourth-order valence-corrected chi connectivity index (χ4v) is 4.62. The second-order valence-corrected chi connectivity index (χ2v) is 9.29. The second kappa shape index (κ2) is 11.2. The summed E-state index contributed by atoms with van der Waals surface area (Å²) >= 11 is 0. The maximum absolute atomic E-state index is 14.2. The fourth-order valence-electron chi connectivity index (χ4n) is 4.62. The van der Waals surface area contributed by atoms with E-state index in [2.05, 4.69) is 15.6 Å². The van der Waals surface area contributed by atoms with Gasteiger partial charge in [-0.3, -0.25) is 14.9 Å². The largest absolute Gasteiger partial charge is 0.370 e. The third-order valence-electron chi connectivity index (χ3n) is 6.65. The number of benzene rings is 2. The van der Waals surface area contributed by atoms with Crippen molar-refractivity contribution >= 4 is 46.2 Å². The molecule has 4 amide bonds. The van der Waals surface area contributed by atoms with Gasteiger partial charge in [-0.1, -0.05) is 12.8 Å². The minimum absolute atomic E-state index is 0.00490. The summed E-state index contributed by atoms with van der Waals surface area (Å²) in [5.41, 5.74) is 5.93. The van der Waals surface area contributed by atoms with Gasteiger partial charge in [0.1, 0.15) is 5.69 Å². The summed E-state index contributed by atoms with van der Waals surface area (Å²) in [6, 6.07) is 7.37. The lowest BCUT2D eigenvalue weighted by Gasteiger charge is -2.19. The summed E-state index contributed by atoms with van der Waals surface area (Å²) in [6.45, 7) is 0.0802. The monoisotopic (exact) mass is 523 g/mol. The summed E-state index contributed by atoms with van der Waals surface area (Å²) in [6.07, 6.45) is 4.81. The van der Waals surface area contributed by atoms with Crippen LogP contribution in [0.1, 0.15) is 44.1 Å². The molecule has 0 saturated heterocycles. The lowest BCUT2D eigenvalue weighted by atomic mass is 10.0. The first-order valence-electron chi connectivity index (χ1n) is 12.2. The number of primary amides is 1. The molecule has 4 rings (SSSR count). The van der Waals surface area contributed by atoms with Crippen LogP contribution in [0, 0.1) is 28.9 Å². The van der Waals surface area contributed by atoms with Crippen molar-refractivity contribution in [1.29, 1.82) is 5.26 Å². The van der Waals surface area contributed by atoms with E-state index in [4.69, 9.17) is 11.0 Å². The zero-order chi connectivity index (χ0) is 27.4. The number of amides is 4. The zero-order valence-corrected chi connectivity index (χ0v) is 20.8. The van der Waals surface area contributed by atoms with Crippen molar-refractivity contribution < 1.29 is 23.2 Å². The number of nitriles is 1. The van der Waals surface area contributed by atoms with Crippen LogP contribution in [0.5, 0.6) is 0 Å². The molecule has 1 aliphatic carbocycles. The van der Waals surface area contributed by atoms with Crippen molar-refractivity contribution in [2.75, 3.05) is 22.6 Å². The Kier molecular flexibility index (Phi) is 7.85. The molecule has 10 nitrogen and oxygen atoms in total. The average Bonchev–Trinajstić information content (AvgIpc) is 3.51. The molecule has 12 heteroatoms. The van der Waals surface area contributed by atoms with Gasteiger partial charge in [0.25, 0.3) is 0 Å². The van der Waals surface area contributed by atoms with Gasteiger partial charge < -0.3 is 20.5 Å². The molecule has 0 aliphatic heterocycles. The predicted molar refractivity (Wildman–Crippen MR) is 137 cm³/mol. The van der Waals surface area contributed by atoms with E-state index in [0.717, 1.165) is 37.8 Å². The van der Waals surface area contributed by atoms with Gasteiger partial charge in [-0.25, -0.2) is 18.6 Å². The van der Waals surface area contributed by atoms with Crippen LogP contribution >= 0.6 is 0 Å². The predicted octanol–water partition coefficient (Wildman–Crippen LogP) is 4.25. The number of rotatable bonds is 8. The standard InChI is InChI=1S/C26H27F2N7O3/c1-34(23(37)12-15-4-2-3-5-15)17-6-7-21-20(13-17)31-25(35(21)9-8-22(30)36)33-26(38)32-24-18(27)10-16(14-29)11-19(24)28/h6-7,10-11,13,15H,2-5,8-9,12H2,1H3,(H2,30,36)(H2,31,32,33,38). The van der Waals surface area contributed by atoms with Gasteiger partial charge in [-0.2, -0.15) is 5.26 Å². The van der Waals surface area contributed by atoms with E-state index in [-0.39, 0.29) is 30.4 Å². The Morgan fingerprint density at radius 1 is 1.16 bits per heavy atom. The Morgan fingerprint density at radius 2 is 1.84 bits per heavy atom. The minimum Gasteiger partial charge on any atom is -0.370 e.